The number of aliphatic hydroxyl groups excluding tert-OH is 1. The van der Waals surface area contributed by atoms with E-state index in [2.05, 4.69) is 67.8 Å². The minimum atomic E-state index is -4.77. The van der Waals surface area contributed by atoms with E-state index in [4.69, 9.17) is 13.8 Å². The number of hydrogen-bond acceptors (Lipinski definition) is 8. The van der Waals surface area contributed by atoms with Gasteiger partial charge in [0.15, 0.2) is 6.04 Å². The average Bonchev–Trinajstić information content (AvgIpc) is 3.18. The van der Waals surface area contributed by atoms with Crippen molar-refractivity contribution >= 4 is 25.7 Å². The van der Waals surface area contributed by atoms with Crippen molar-refractivity contribution < 1.29 is 47.8 Å². The number of phosphoric acid groups is 1. The van der Waals surface area contributed by atoms with Gasteiger partial charge in [-0.05, 0) is 51.4 Å². The molecule has 0 aromatic carbocycles. The molecule has 0 aromatic rings. The summed E-state index contributed by atoms with van der Waals surface area (Å²) in [6.07, 6.45) is 45.4. The zero-order valence-corrected chi connectivity index (χ0v) is 36.3. The fourth-order valence-electron chi connectivity index (χ4n) is 5.70. The molecule has 3 atom stereocenters. The van der Waals surface area contributed by atoms with Crippen molar-refractivity contribution in [2.75, 3.05) is 19.8 Å². The zero-order chi connectivity index (χ0) is 42.1. The summed E-state index contributed by atoms with van der Waals surface area (Å²) < 4.78 is 26.8. The lowest BCUT2D eigenvalue weighted by atomic mass is 10.0. The number of allylic oxidation sites excluding steroid dienone is 10. The Morgan fingerprint density at radius 2 is 1.02 bits per heavy atom. The predicted octanol–water partition coefficient (Wildman–Crippen LogP) is 11.2. The van der Waals surface area contributed by atoms with E-state index in [1.807, 2.05) is 12.2 Å². The van der Waals surface area contributed by atoms with Crippen LogP contribution in [-0.4, -0.2) is 64.9 Å². The lowest BCUT2D eigenvalue weighted by Crippen LogP contribution is -2.43. The number of carboxylic acids is 1. The van der Waals surface area contributed by atoms with Crippen LogP contribution in [0, 0.1) is 0 Å². The SMILES string of the molecule is CC/C=C\C/C=C\C/C=C\C/C=C\C/C=C\CCCC(=O)NC(COP(=O)(O)OCC(O)COC(=O)CCCCCCCCCCCCCCCCCC)C(=O)O. The summed E-state index contributed by atoms with van der Waals surface area (Å²) in [6, 6.07) is -1.58. The van der Waals surface area contributed by atoms with E-state index in [0.717, 1.165) is 51.4 Å². The number of rotatable bonds is 40. The molecule has 1 amide bonds. The summed E-state index contributed by atoms with van der Waals surface area (Å²) in [6.45, 7) is 2.44. The number of carbonyl (C=O) groups excluding carboxylic acids is 2. The molecular formula is C45H78NO10P. The highest BCUT2D eigenvalue weighted by atomic mass is 31.2. The molecule has 0 aliphatic heterocycles. The van der Waals surface area contributed by atoms with Crippen molar-refractivity contribution in [2.24, 2.45) is 0 Å². The molecule has 57 heavy (non-hydrogen) atoms. The van der Waals surface area contributed by atoms with Crippen molar-refractivity contribution in [1.29, 1.82) is 0 Å². The van der Waals surface area contributed by atoms with Crippen LogP contribution in [0.2, 0.25) is 0 Å². The normalized spacial score (nSPS) is 14.3. The number of nitrogens with one attached hydrogen (secondary N) is 1. The summed E-state index contributed by atoms with van der Waals surface area (Å²) in [5.74, 6) is -2.46. The van der Waals surface area contributed by atoms with Crippen molar-refractivity contribution in [2.45, 2.75) is 187 Å². The van der Waals surface area contributed by atoms with Crippen molar-refractivity contribution in [1.82, 2.24) is 5.32 Å². The fourth-order valence-corrected chi connectivity index (χ4v) is 6.48. The highest BCUT2D eigenvalue weighted by Gasteiger charge is 2.28. The van der Waals surface area contributed by atoms with Crippen LogP contribution in [0.5, 0.6) is 0 Å². The summed E-state index contributed by atoms with van der Waals surface area (Å²) >= 11 is 0. The van der Waals surface area contributed by atoms with Gasteiger partial charge >= 0.3 is 19.8 Å². The lowest BCUT2D eigenvalue weighted by molar-refractivity contribution is -0.147. The predicted molar refractivity (Wildman–Crippen MR) is 231 cm³/mol. The van der Waals surface area contributed by atoms with Crippen LogP contribution in [-0.2, 0) is 32.7 Å². The largest absolute Gasteiger partial charge is 0.480 e. The maximum atomic E-state index is 12.3. The molecular weight excluding hydrogens is 745 g/mol. The second kappa shape index (κ2) is 40.0. The monoisotopic (exact) mass is 824 g/mol. The zero-order valence-electron chi connectivity index (χ0n) is 35.4. The molecule has 0 rings (SSSR count). The fraction of sp³-hybridized carbons (Fsp3) is 0.711. The van der Waals surface area contributed by atoms with Gasteiger partial charge in [-0.25, -0.2) is 9.36 Å². The van der Waals surface area contributed by atoms with Gasteiger partial charge in [-0.2, -0.15) is 0 Å². The lowest BCUT2D eigenvalue weighted by Gasteiger charge is -2.18. The van der Waals surface area contributed by atoms with Crippen molar-refractivity contribution in [3.8, 4) is 0 Å². The van der Waals surface area contributed by atoms with Crippen LogP contribution < -0.4 is 5.32 Å². The molecule has 0 aromatic heterocycles. The molecule has 0 aliphatic rings. The van der Waals surface area contributed by atoms with E-state index in [-0.39, 0.29) is 12.8 Å². The number of phosphoric ester groups is 1. The van der Waals surface area contributed by atoms with Crippen LogP contribution in [0.4, 0.5) is 0 Å². The molecule has 4 N–H and O–H groups in total. The van der Waals surface area contributed by atoms with Crippen LogP contribution in [0.3, 0.4) is 0 Å². The molecule has 328 valence electrons. The number of ether oxygens (including phenoxy) is 1. The molecule has 0 fully saturated rings. The van der Waals surface area contributed by atoms with Gasteiger partial charge in [0.05, 0.1) is 13.2 Å². The maximum Gasteiger partial charge on any atom is 0.472 e. The summed E-state index contributed by atoms with van der Waals surface area (Å²) in [5.41, 5.74) is 0. The Balaban J connectivity index is 3.98. The third kappa shape index (κ3) is 39.8. The van der Waals surface area contributed by atoms with Gasteiger partial charge in [-0.15, -0.1) is 0 Å². The Labute approximate surface area is 345 Å². The Bertz CT molecular complexity index is 1200. The molecule has 12 heteroatoms. The first-order valence-corrected chi connectivity index (χ1v) is 23.3. The summed E-state index contributed by atoms with van der Waals surface area (Å²) in [7, 11) is -4.77. The van der Waals surface area contributed by atoms with Gasteiger partial charge in [-0.1, -0.05) is 171 Å². The molecule has 0 radical (unpaired) electrons. The van der Waals surface area contributed by atoms with E-state index >= 15 is 0 Å². The number of aliphatic carboxylic acids is 1. The summed E-state index contributed by atoms with van der Waals surface area (Å²) in [4.78, 5) is 45.9. The third-order valence-corrected chi connectivity index (χ3v) is 10.0. The summed E-state index contributed by atoms with van der Waals surface area (Å²) in [5, 5.41) is 21.8. The molecule has 0 bridgehead atoms. The first-order chi connectivity index (χ1) is 27.6. The van der Waals surface area contributed by atoms with E-state index in [1.54, 1.807) is 0 Å². The third-order valence-electron chi connectivity index (χ3n) is 9.07. The van der Waals surface area contributed by atoms with Crippen molar-refractivity contribution in [3.63, 3.8) is 0 Å². The second-order valence-corrected chi connectivity index (χ2v) is 16.0. The second-order valence-electron chi connectivity index (χ2n) is 14.5. The molecule has 11 nitrogen and oxygen atoms in total. The molecule has 0 heterocycles. The average molecular weight is 824 g/mol. The number of hydrogen-bond donors (Lipinski definition) is 4. The molecule has 3 unspecified atom stereocenters. The Morgan fingerprint density at radius 3 is 1.49 bits per heavy atom. The minimum Gasteiger partial charge on any atom is -0.480 e. The van der Waals surface area contributed by atoms with Crippen molar-refractivity contribution in [3.05, 3.63) is 60.8 Å². The Kier molecular flexibility index (Phi) is 38.0. The van der Waals surface area contributed by atoms with Crippen LogP contribution >= 0.6 is 7.82 Å². The number of amides is 1. The first-order valence-electron chi connectivity index (χ1n) is 21.8. The number of aliphatic hydroxyl groups is 1. The van der Waals surface area contributed by atoms with Gasteiger partial charge in [0.2, 0.25) is 5.91 Å². The number of esters is 1. The molecule has 0 saturated carbocycles. The van der Waals surface area contributed by atoms with E-state index in [0.29, 0.717) is 19.3 Å². The number of unbranched alkanes of at least 4 members (excludes halogenated alkanes) is 16. The maximum absolute atomic E-state index is 12.3. The highest BCUT2D eigenvalue weighted by Crippen LogP contribution is 2.43. The first kappa shape index (κ1) is 54.2. The molecule has 0 aliphatic carbocycles. The van der Waals surface area contributed by atoms with E-state index in [9.17, 15) is 34.1 Å². The Hall–Kier alpha value is -2.82. The minimum absolute atomic E-state index is 0.0652. The van der Waals surface area contributed by atoms with Crippen LogP contribution in [0.15, 0.2) is 60.8 Å². The van der Waals surface area contributed by atoms with E-state index in [1.165, 1.54) is 77.0 Å². The van der Waals surface area contributed by atoms with Gasteiger partial charge < -0.3 is 25.2 Å². The Morgan fingerprint density at radius 1 is 0.579 bits per heavy atom. The molecule has 0 spiro atoms. The van der Waals surface area contributed by atoms with Gasteiger partial charge in [0.25, 0.3) is 0 Å². The molecule has 0 saturated heterocycles. The highest BCUT2D eigenvalue weighted by molar-refractivity contribution is 7.47. The topological polar surface area (TPSA) is 169 Å². The van der Waals surface area contributed by atoms with Gasteiger partial charge in [0, 0.05) is 12.8 Å². The number of carbonyl (C=O) groups is 3. The van der Waals surface area contributed by atoms with E-state index < -0.39 is 57.6 Å². The van der Waals surface area contributed by atoms with Crippen LogP contribution in [0.1, 0.15) is 174 Å². The van der Waals surface area contributed by atoms with Gasteiger partial charge in [0.1, 0.15) is 12.7 Å². The number of carboxylic acid groups (broad SMARTS) is 1. The standard InChI is InChI=1S/C45H78NO10P/c1-3-5-7-9-11-13-15-17-19-21-22-24-26-28-30-32-34-36-43(48)46-42(45(50)51)40-56-57(52,53)55-39-41(47)38-54-44(49)37-35-33-31-29-27-25-23-20-18-16-14-12-10-8-6-4-2/h5,7,11,13,17,19,22,24,28,30,41-42,47H,3-4,6,8-10,12,14-16,18,20-21,23,25-27,29,31-40H2,1-2H3,(H,46,48)(H,50,51)(H,52,53)/b7-5-,13-11-,19-17-,24-22-,30-28-. The van der Waals surface area contributed by atoms with Crippen LogP contribution in [0.25, 0.3) is 0 Å². The van der Waals surface area contributed by atoms with Gasteiger partial charge in [-0.3, -0.25) is 18.6 Å². The quantitative estimate of drug-likeness (QED) is 0.0202. The smallest absolute Gasteiger partial charge is 0.472 e.